The van der Waals surface area contributed by atoms with Gasteiger partial charge in [0.05, 0.1) is 6.10 Å². The van der Waals surface area contributed by atoms with E-state index in [9.17, 15) is 19.5 Å². The lowest BCUT2D eigenvalue weighted by atomic mass is 10.1. The molecule has 0 aliphatic carbocycles. The molecule has 2 N–H and O–H groups in total. The van der Waals surface area contributed by atoms with Crippen LogP contribution in [0.3, 0.4) is 0 Å². The van der Waals surface area contributed by atoms with Crippen molar-refractivity contribution < 1.29 is 19.4 Å². The number of hydrogen-bond donors (Lipinski definition) is 2. The van der Waals surface area contributed by atoms with Crippen LogP contribution in [0.2, 0.25) is 0 Å². The molecule has 1 aliphatic rings. The van der Waals surface area contributed by atoms with Crippen LogP contribution < -0.4 is 11.2 Å². The van der Waals surface area contributed by atoms with E-state index >= 15 is 0 Å². The van der Waals surface area contributed by atoms with Crippen molar-refractivity contribution in [2.24, 2.45) is 0 Å². The highest BCUT2D eigenvalue weighted by atomic mass is 32.2. The van der Waals surface area contributed by atoms with Gasteiger partial charge in [-0.2, -0.15) is 11.8 Å². The molecule has 0 bridgehead atoms. The lowest BCUT2D eigenvalue weighted by molar-refractivity contribution is -0.150. The largest absolute Gasteiger partial charge is 0.463 e. The number of unbranched alkanes of at least 4 members (excludes halogenated alkanes) is 8. The Bertz CT molecular complexity index is 824. The van der Waals surface area contributed by atoms with E-state index in [1.54, 1.807) is 6.92 Å². The number of rotatable bonds is 16. The molecule has 2 rings (SSSR count). The maximum atomic E-state index is 12.0. The van der Waals surface area contributed by atoms with Crippen LogP contribution in [-0.4, -0.2) is 50.9 Å². The van der Waals surface area contributed by atoms with E-state index in [0.717, 1.165) is 19.3 Å². The number of nitrogens with one attached hydrogen (secondary N) is 1. The van der Waals surface area contributed by atoms with Gasteiger partial charge in [-0.3, -0.25) is 19.1 Å². The Morgan fingerprint density at radius 2 is 1.79 bits per heavy atom. The van der Waals surface area contributed by atoms with E-state index < -0.39 is 29.7 Å². The lowest BCUT2D eigenvalue weighted by Crippen LogP contribution is -2.33. The van der Waals surface area contributed by atoms with Gasteiger partial charge >= 0.3 is 11.7 Å². The van der Waals surface area contributed by atoms with Crippen LogP contribution in [0.25, 0.3) is 0 Å². The molecule has 1 aliphatic heterocycles. The zero-order valence-electron chi connectivity index (χ0n) is 20.1. The predicted octanol–water partition coefficient (Wildman–Crippen LogP) is 3.69. The zero-order valence-corrected chi connectivity index (χ0v) is 20.9. The molecule has 0 spiro atoms. The lowest BCUT2D eigenvalue weighted by Gasteiger charge is -2.16. The molecule has 33 heavy (non-hydrogen) atoms. The average Bonchev–Trinajstić information content (AvgIpc) is 3.15. The fourth-order valence-electron chi connectivity index (χ4n) is 3.94. The Kier molecular flexibility index (Phi) is 12.9. The molecule has 1 saturated heterocycles. The van der Waals surface area contributed by atoms with Crippen molar-refractivity contribution in [3.05, 3.63) is 32.6 Å². The summed E-state index contributed by atoms with van der Waals surface area (Å²) in [4.78, 5) is 37.8. The van der Waals surface area contributed by atoms with Crippen LogP contribution in [0.15, 0.2) is 15.8 Å². The highest BCUT2D eigenvalue weighted by Gasteiger charge is 2.36. The minimum atomic E-state index is -0.854. The fourth-order valence-corrected chi connectivity index (χ4v) is 4.64. The van der Waals surface area contributed by atoms with E-state index in [0.29, 0.717) is 12.0 Å². The molecule has 0 unspecified atom stereocenters. The van der Waals surface area contributed by atoms with Gasteiger partial charge in [-0.25, -0.2) is 4.79 Å². The maximum absolute atomic E-state index is 12.0. The van der Waals surface area contributed by atoms with Gasteiger partial charge in [0.25, 0.3) is 5.56 Å². The maximum Gasteiger partial charge on any atom is 0.330 e. The number of hydrogen-bond acceptors (Lipinski definition) is 7. The molecule has 2 heterocycles. The number of thioether (sulfide) groups is 1. The third-order valence-corrected chi connectivity index (χ3v) is 6.93. The molecule has 1 aromatic rings. The molecule has 8 nitrogen and oxygen atoms in total. The number of nitrogens with zero attached hydrogens (tertiary/aromatic N) is 1. The number of ether oxygens (including phenoxy) is 2. The van der Waals surface area contributed by atoms with Crippen LogP contribution in [0, 0.1) is 6.92 Å². The molecular formula is C24H40N2O6S. The number of H-pyrrole nitrogens is 1. The number of aromatic nitrogens is 2. The number of aromatic amines is 1. The fraction of sp³-hybridized carbons (Fsp3) is 0.792. The summed E-state index contributed by atoms with van der Waals surface area (Å²) in [7, 11) is 0. The van der Waals surface area contributed by atoms with Gasteiger partial charge in [-0.05, 0) is 31.3 Å². The van der Waals surface area contributed by atoms with E-state index in [2.05, 4.69) is 11.9 Å². The van der Waals surface area contributed by atoms with Crippen molar-refractivity contribution in [3.63, 3.8) is 0 Å². The molecule has 188 valence electrons. The van der Waals surface area contributed by atoms with E-state index in [4.69, 9.17) is 9.47 Å². The number of aryl methyl sites for hydroxylation is 1. The Morgan fingerprint density at radius 3 is 2.45 bits per heavy atom. The van der Waals surface area contributed by atoms with Crippen molar-refractivity contribution in [1.82, 2.24) is 9.55 Å². The smallest absolute Gasteiger partial charge is 0.330 e. The molecule has 3 atom stereocenters. The third kappa shape index (κ3) is 10.1. The van der Waals surface area contributed by atoms with E-state index in [1.807, 2.05) is 11.8 Å². The summed E-state index contributed by atoms with van der Waals surface area (Å²) in [5, 5.41) is 10.2. The summed E-state index contributed by atoms with van der Waals surface area (Å²) in [6, 6.07) is 0. The Balaban J connectivity index is 1.54. The van der Waals surface area contributed by atoms with Crippen molar-refractivity contribution >= 4 is 17.7 Å². The van der Waals surface area contributed by atoms with Gasteiger partial charge in [-0.1, -0.05) is 51.9 Å². The summed E-state index contributed by atoms with van der Waals surface area (Å²) < 4.78 is 12.3. The van der Waals surface area contributed by atoms with Gasteiger partial charge in [-0.15, -0.1) is 0 Å². The van der Waals surface area contributed by atoms with Crippen LogP contribution in [-0.2, 0) is 14.3 Å². The van der Waals surface area contributed by atoms with Gasteiger partial charge in [0, 0.05) is 24.6 Å². The minimum absolute atomic E-state index is 0.0512. The van der Waals surface area contributed by atoms with Crippen LogP contribution >= 0.6 is 11.8 Å². The molecule has 0 radical (unpaired) electrons. The summed E-state index contributed by atoms with van der Waals surface area (Å²) >= 11 is 2.02. The van der Waals surface area contributed by atoms with Gasteiger partial charge < -0.3 is 14.6 Å². The van der Waals surface area contributed by atoms with Crippen molar-refractivity contribution in [2.45, 2.75) is 103 Å². The number of carbonyl (C=O) groups excluding carboxylic acids is 1. The number of aliphatic hydroxyl groups is 1. The third-order valence-electron chi connectivity index (χ3n) is 5.94. The minimum Gasteiger partial charge on any atom is -0.463 e. The van der Waals surface area contributed by atoms with Crippen LogP contribution in [0.4, 0.5) is 0 Å². The Hall–Kier alpha value is -1.58. The van der Waals surface area contributed by atoms with Crippen LogP contribution in [0.1, 0.15) is 89.3 Å². The topological polar surface area (TPSA) is 111 Å². The second kappa shape index (κ2) is 15.3. The summed E-state index contributed by atoms with van der Waals surface area (Å²) in [5.41, 5.74) is -0.659. The number of aliphatic hydroxyl groups excluding tert-OH is 1. The first kappa shape index (κ1) is 27.7. The number of esters is 1. The summed E-state index contributed by atoms with van der Waals surface area (Å²) in [6.07, 6.45) is 10.4. The summed E-state index contributed by atoms with van der Waals surface area (Å²) in [5.74, 6) is 2.20. The quantitative estimate of drug-likeness (QED) is 0.272. The zero-order chi connectivity index (χ0) is 24.1. The van der Waals surface area contributed by atoms with Gasteiger partial charge in [0.15, 0.2) is 0 Å². The molecule has 9 heteroatoms. The first-order valence-corrected chi connectivity index (χ1v) is 13.5. The SMILES string of the molecule is CCSCCCCCCCCCCCC(=O)OC[C@H]1O[C@@H](n2cc(C)c(=O)[nH]c2=O)C[C@@H]1O. The Labute approximate surface area is 200 Å². The van der Waals surface area contributed by atoms with E-state index in [-0.39, 0.29) is 19.0 Å². The molecular weight excluding hydrogens is 444 g/mol. The summed E-state index contributed by atoms with van der Waals surface area (Å²) in [6.45, 7) is 3.75. The van der Waals surface area contributed by atoms with Crippen LogP contribution in [0.5, 0.6) is 0 Å². The second-order valence-corrected chi connectivity index (χ2v) is 10.1. The first-order valence-electron chi connectivity index (χ1n) is 12.3. The second-order valence-electron chi connectivity index (χ2n) is 8.72. The van der Waals surface area contributed by atoms with Gasteiger partial charge in [0.1, 0.15) is 18.9 Å². The van der Waals surface area contributed by atoms with Crippen molar-refractivity contribution in [1.29, 1.82) is 0 Å². The molecule has 0 aromatic carbocycles. The molecule has 0 amide bonds. The Morgan fingerprint density at radius 1 is 1.15 bits per heavy atom. The molecule has 1 aromatic heterocycles. The molecule has 0 saturated carbocycles. The number of carbonyl (C=O) groups is 1. The monoisotopic (exact) mass is 484 g/mol. The highest BCUT2D eigenvalue weighted by molar-refractivity contribution is 7.99. The van der Waals surface area contributed by atoms with Gasteiger partial charge in [0.2, 0.25) is 0 Å². The van der Waals surface area contributed by atoms with Crippen molar-refractivity contribution in [3.8, 4) is 0 Å². The van der Waals surface area contributed by atoms with Crippen molar-refractivity contribution in [2.75, 3.05) is 18.1 Å². The van der Waals surface area contributed by atoms with E-state index in [1.165, 1.54) is 60.8 Å². The normalized spacial score (nSPS) is 20.3. The predicted molar refractivity (Wildman–Crippen MR) is 131 cm³/mol. The molecule has 1 fully saturated rings. The highest BCUT2D eigenvalue weighted by Crippen LogP contribution is 2.28. The standard InChI is InChI=1S/C24H40N2O6S/c1-3-33-14-12-10-8-6-4-5-7-9-11-13-22(28)31-17-20-19(27)15-21(32-20)26-16-18(2)23(29)25-24(26)30/h16,19-21,27H,3-15,17H2,1-2H3,(H,25,29,30)/t19-,20+,21+/m0/s1. The first-order chi connectivity index (χ1) is 15.9. The average molecular weight is 485 g/mol.